The fourth-order valence-corrected chi connectivity index (χ4v) is 3.88. The highest BCUT2D eigenvalue weighted by Gasteiger charge is 2.46. The van der Waals surface area contributed by atoms with Gasteiger partial charge in [-0.3, -0.25) is 14.6 Å². The maximum atomic E-state index is 12.1. The topological polar surface area (TPSA) is 75.2 Å². The molecule has 118 valence electrons. The minimum absolute atomic E-state index is 0.0413. The minimum atomic E-state index is -0.163. The molecule has 6 heteroatoms. The molecule has 1 saturated heterocycles. The summed E-state index contributed by atoms with van der Waals surface area (Å²) in [5, 5.41) is 3.04. The summed E-state index contributed by atoms with van der Waals surface area (Å²) in [5.74, 6) is 0.119. The number of likely N-dealkylation sites (tertiary alicyclic amines) is 1. The van der Waals surface area contributed by atoms with E-state index in [0.717, 1.165) is 38.6 Å². The molecule has 6 nitrogen and oxygen atoms in total. The molecule has 2 heterocycles. The van der Waals surface area contributed by atoms with Crippen molar-refractivity contribution in [2.24, 2.45) is 0 Å². The smallest absolute Gasteiger partial charge is 0.271 e. The van der Waals surface area contributed by atoms with Gasteiger partial charge in [0.05, 0.1) is 6.20 Å². The van der Waals surface area contributed by atoms with Gasteiger partial charge >= 0.3 is 0 Å². The van der Waals surface area contributed by atoms with Crippen LogP contribution in [0.1, 0.15) is 55.9 Å². The number of rotatable bonds is 3. The van der Waals surface area contributed by atoms with Crippen LogP contribution in [0.15, 0.2) is 18.6 Å². The molecule has 1 aliphatic heterocycles. The summed E-state index contributed by atoms with van der Waals surface area (Å²) in [5.41, 5.74) is 0.397. The average molecular weight is 302 g/mol. The Morgan fingerprint density at radius 3 is 2.77 bits per heavy atom. The molecule has 1 aliphatic carbocycles. The van der Waals surface area contributed by atoms with Crippen LogP contribution in [0.25, 0.3) is 0 Å². The number of aromatic nitrogens is 2. The number of hydrogen-bond acceptors (Lipinski definition) is 4. The molecule has 22 heavy (non-hydrogen) atoms. The van der Waals surface area contributed by atoms with Crippen molar-refractivity contribution in [3.63, 3.8) is 0 Å². The lowest BCUT2D eigenvalue weighted by Crippen LogP contribution is -2.51. The molecule has 3 rings (SSSR count). The molecule has 1 N–H and O–H groups in total. The number of amides is 2. The van der Waals surface area contributed by atoms with Crippen LogP contribution in [-0.4, -0.2) is 44.8 Å². The van der Waals surface area contributed by atoms with E-state index in [1.54, 1.807) is 6.20 Å². The van der Waals surface area contributed by atoms with Crippen molar-refractivity contribution in [1.29, 1.82) is 0 Å². The lowest BCUT2D eigenvalue weighted by atomic mass is 9.77. The molecule has 1 aromatic rings. The first-order valence-corrected chi connectivity index (χ1v) is 8.02. The van der Waals surface area contributed by atoms with E-state index in [2.05, 4.69) is 15.3 Å². The van der Waals surface area contributed by atoms with Crippen LogP contribution in [-0.2, 0) is 4.79 Å². The Balaban J connectivity index is 1.58. The number of carbonyl (C=O) groups is 2. The zero-order valence-corrected chi connectivity index (χ0v) is 12.9. The Morgan fingerprint density at radius 2 is 2.14 bits per heavy atom. The largest absolute Gasteiger partial charge is 0.348 e. The van der Waals surface area contributed by atoms with Gasteiger partial charge in [0.2, 0.25) is 5.91 Å². The van der Waals surface area contributed by atoms with E-state index >= 15 is 0 Å². The first-order valence-electron chi connectivity index (χ1n) is 8.02. The fourth-order valence-electron chi connectivity index (χ4n) is 3.88. The lowest BCUT2D eigenvalue weighted by Gasteiger charge is -2.43. The maximum Gasteiger partial charge on any atom is 0.271 e. The third-order valence-electron chi connectivity index (χ3n) is 5.04. The lowest BCUT2D eigenvalue weighted by molar-refractivity contribution is -0.131. The minimum Gasteiger partial charge on any atom is -0.348 e. The Hall–Kier alpha value is -1.98. The van der Waals surface area contributed by atoms with Gasteiger partial charge in [0.1, 0.15) is 5.69 Å². The van der Waals surface area contributed by atoms with Crippen molar-refractivity contribution < 1.29 is 9.59 Å². The van der Waals surface area contributed by atoms with Gasteiger partial charge in [-0.1, -0.05) is 0 Å². The molecular formula is C16H22N4O2. The quantitative estimate of drug-likeness (QED) is 0.919. The number of nitrogens with one attached hydrogen (secondary N) is 1. The normalized spacial score (nSPS) is 28.1. The van der Waals surface area contributed by atoms with Crippen molar-refractivity contribution in [2.75, 3.05) is 6.54 Å². The second-order valence-corrected chi connectivity index (χ2v) is 6.20. The van der Waals surface area contributed by atoms with E-state index in [-0.39, 0.29) is 23.4 Å². The van der Waals surface area contributed by atoms with Gasteiger partial charge in [0, 0.05) is 36.9 Å². The van der Waals surface area contributed by atoms with Crippen LogP contribution in [0.4, 0.5) is 0 Å². The van der Waals surface area contributed by atoms with Crippen molar-refractivity contribution in [2.45, 2.75) is 57.0 Å². The molecule has 0 radical (unpaired) electrons. The first-order chi connectivity index (χ1) is 10.6. The molecule has 2 fully saturated rings. The van der Waals surface area contributed by atoms with Gasteiger partial charge in [-0.25, -0.2) is 4.98 Å². The van der Waals surface area contributed by atoms with Gasteiger partial charge in [-0.05, 0) is 39.0 Å². The Morgan fingerprint density at radius 1 is 1.36 bits per heavy atom. The zero-order valence-electron chi connectivity index (χ0n) is 12.9. The summed E-state index contributed by atoms with van der Waals surface area (Å²) in [6.45, 7) is 2.84. The van der Waals surface area contributed by atoms with Gasteiger partial charge in [0.15, 0.2) is 0 Å². The summed E-state index contributed by atoms with van der Waals surface area (Å²) in [4.78, 5) is 34.1. The summed E-state index contributed by atoms with van der Waals surface area (Å²) < 4.78 is 0. The molecule has 2 aliphatic rings. The molecule has 0 atom stereocenters. The predicted molar refractivity (Wildman–Crippen MR) is 81.1 cm³/mol. The van der Waals surface area contributed by atoms with Gasteiger partial charge in [-0.2, -0.15) is 0 Å². The van der Waals surface area contributed by atoms with Crippen LogP contribution in [0.2, 0.25) is 0 Å². The van der Waals surface area contributed by atoms with E-state index < -0.39 is 0 Å². The number of hydrogen-bond donors (Lipinski definition) is 1. The van der Waals surface area contributed by atoms with E-state index in [1.807, 2.05) is 11.8 Å². The molecule has 0 bridgehead atoms. The van der Waals surface area contributed by atoms with Gasteiger partial charge < -0.3 is 10.2 Å². The van der Waals surface area contributed by atoms with Crippen LogP contribution < -0.4 is 5.32 Å². The van der Waals surface area contributed by atoms with E-state index in [4.69, 9.17) is 0 Å². The third-order valence-corrected chi connectivity index (χ3v) is 5.04. The summed E-state index contributed by atoms with van der Waals surface area (Å²) >= 11 is 0. The van der Waals surface area contributed by atoms with Crippen molar-refractivity contribution >= 4 is 11.8 Å². The van der Waals surface area contributed by atoms with Crippen molar-refractivity contribution in [1.82, 2.24) is 20.2 Å². The first kappa shape index (κ1) is 14.9. The van der Waals surface area contributed by atoms with Crippen LogP contribution >= 0.6 is 0 Å². The third kappa shape index (κ3) is 2.69. The van der Waals surface area contributed by atoms with E-state index in [0.29, 0.717) is 12.1 Å². The second kappa shape index (κ2) is 6.02. The summed E-state index contributed by atoms with van der Waals surface area (Å²) in [6.07, 6.45) is 9.95. The van der Waals surface area contributed by atoms with Crippen molar-refractivity contribution in [3.8, 4) is 0 Å². The highest BCUT2D eigenvalue weighted by atomic mass is 16.2. The number of nitrogens with zero attached hydrogens (tertiary/aromatic N) is 3. The highest BCUT2D eigenvalue weighted by Crippen LogP contribution is 2.42. The molecule has 1 spiro atoms. The Labute approximate surface area is 130 Å². The molecule has 2 amide bonds. The SMILES string of the molecule is CCN1C(=O)CCC12CCC(NC(=O)c1cnccn1)CC2. The van der Waals surface area contributed by atoms with Gasteiger partial charge in [0.25, 0.3) is 5.91 Å². The molecule has 1 aromatic heterocycles. The van der Waals surface area contributed by atoms with Crippen LogP contribution in [0.3, 0.4) is 0 Å². The van der Waals surface area contributed by atoms with E-state index in [1.165, 1.54) is 12.4 Å². The van der Waals surface area contributed by atoms with Gasteiger partial charge in [-0.15, -0.1) is 0 Å². The van der Waals surface area contributed by atoms with Crippen molar-refractivity contribution in [3.05, 3.63) is 24.3 Å². The van der Waals surface area contributed by atoms with Crippen LogP contribution in [0.5, 0.6) is 0 Å². The molecule has 1 saturated carbocycles. The maximum absolute atomic E-state index is 12.1. The number of carbonyl (C=O) groups excluding carboxylic acids is 2. The second-order valence-electron chi connectivity index (χ2n) is 6.20. The van der Waals surface area contributed by atoms with Crippen LogP contribution in [0, 0.1) is 0 Å². The standard InChI is InChI=1S/C16H22N4O2/c1-2-20-14(21)5-8-16(20)6-3-12(4-7-16)19-15(22)13-11-17-9-10-18-13/h9-12H,2-8H2,1H3,(H,19,22). The predicted octanol–water partition coefficient (Wildman–Crippen LogP) is 1.53. The molecule has 0 aromatic carbocycles. The van der Waals surface area contributed by atoms with E-state index in [9.17, 15) is 9.59 Å². The average Bonchev–Trinajstić information content (AvgIpc) is 2.86. The Kier molecular flexibility index (Phi) is 4.09. The highest BCUT2D eigenvalue weighted by molar-refractivity contribution is 5.92. The Bertz CT molecular complexity index is 553. The molecular weight excluding hydrogens is 280 g/mol. The fraction of sp³-hybridized carbons (Fsp3) is 0.625. The summed E-state index contributed by atoms with van der Waals surface area (Å²) in [6, 6.07) is 0.162. The molecule has 0 unspecified atom stereocenters. The monoisotopic (exact) mass is 302 g/mol. The zero-order chi connectivity index (χ0) is 15.6. The summed E-state index contributed by atoms with van der Waals surface area (Å²) in [7, 11) is 0.